The molecule has 0 aromatic carbocycles. The van der Waals surface area contributed by atoms with Gasteiger partial charge in [0.25, 0.3) is 0 Å². The topological polar surface area (TPSA) is 95.3 Å². The van der Waals surface area contributed by atoms with E-state index >= 15 is 0 Å². The van der Waals surface area contributed by atoms with E-state index in [0.717, 1.165) is 5.56 Å². The van der Waals surface area contributed by atoms with E-state index in [4.69, 9.17) is 9.79 Å². The van der Waals surface area contributed by atoms with E-state index in [9.17, 15) is 4.57 Å². The quantitative estimate of drug-likeness (QED) is 0.408. The first-order valence-electron chi connectivity index (χ1n) is 5.11. The molecular weight excluding hydrogens is 261 g/mol. The van der Waals surface area contributed by atoms with Crippen molar-refractivity contribution in [1.29, 1.82) is 0 Å². The van der Waals surface area contributed by atoms with Gasteiger partial charge in [-0.05, 0) is 12.7 Å². The van der Waals surface area contributed by atoms with Gasteiger partial charge < -0.3 is 9.79 Å². The first kappa shape index (κ1) is 14.6. The summed E-state index contributed by atoms with van der Waals surface area (Å²) in [5, 5.41) is 3.49. The maximum atomic E-state index is 11.1. The van der Waals surface area contributed by atoms with Gasteiger partial charge >= 0.3 is 7.60 Å². The molecule has 0 aliphatic carbocycles. The van der Waals surface area contributed by atoms with E-state index in [2.05, 4.69) is 15.3 Å². The molecule has 0 saturated heterocycles. The number of rotatable bonds is 6. The van der Waals surface area contributed by atoms with Crippen LogP contribution in [0, 0.1) is 0 Å². The third kappa shape index (κ3) is 4.73. The van der Waals surface area contributed by atoms with Gasteiger partial charge in [-0.15, -0.1) is 0 Å². The van der Waals surface area contributed by atoms with E-state index in [1.165, 1.54) is 11.8 Å². The first-order valence-corrected chi connectivity index (χ1v) is 8.01. The van der Waals surface area contributed by atoms with Crippen molar-refractivity contribution in [3.05, 3.63) is 18.0 Å². The number of aromatic nitrogens is 2. The van der Waals surface area contributed by atoms with Gasteiger partial charge in [0.2, 0.25) is 0 Å². The molecule has 0 amide bonds. The molecule has 8 heteroatoms. The smallest absolute Gasteiger partial charge is 0.323 e. The second-order valence-corrected chi connectivity index (χ2v) is 6.05. The van der Waals surface area contributed by atoms with Crippen LogP contribution in [0.4, 0.5) is 0 Å². The standard InChI is InChI=1S/C9H16N3O3PS/c1-3-8(16(13,14)15)10-4-7-5-11-9(17-2)12-6-7/h5-6,8,10H,3-4H2,1-2H3,(H2,13,14,15)/t8-/m0/s1. The minimum absolute atomic E-state index is 0.346. The molecule has 0 radical (unpaired) electrons. The molecule has 1 aromatic heterocycles. The fraction of sp³-hybridized carbons (Fsp3) is 0.556. The summed E-state index contributed by atoms with van der Waals surface area (Å²) in [6.45, 7) is 2.07. The highest BCUT2D eigenvalue weighted by molar-refractivity contribution is 7.98. The molecule has 1 rings (SSSR count). The Morgan fingerprint density at radius 1 is 1.47 bits per heavy atom. The zero-order chi connectivity index (χ0) is 12.9. The fourth-order valence-electron chi connectivity index (χ4n) is 1.28. The van der Waals surface area contributed by atoms with Gasteiger partial charge in [-0.2, -0.15) is 0 Å². The van der Waals surface area contributed by atoms with Gasteiger partial charge in [-0.25, -0.2) is 9.97 Å². The zero-order valence-corrected chi connectivity index (χ0v) is 11.4. The van der Waals surface area contributed by atoms with Crippen molar-refractivity contribution >= 4 is 19.4 Å². The van der Waals surface area contributed by atoms with Gasteiger partial charge in [0.05, 0.1) is 0 Å². The van der Waals surface area contributed by atoms with Crippen LogP contribution < -0.4 is 5.32 Å². The van der Waals surface area contributed by atoms with Crippen LogP contribution in [0.25, 0.3) is 0 Å². The van der Waals surface area contributed by atoms with Gasteiger partial charge in [0, 0.05) is 24.5 Å². The lowest BCUT2D eigenvalue weighted by atomic mass is 10.3. The molecule has 0 bridgehead atoms. The summed E-state index contributed by atoms with van der Waals surface area (Å²) in [7, 11) is -4.08. The third-order valence-corrected chi connectivity index (χ3v) is 4.13. The summed E-state index contributed by atoms with van der Waals surface area (Å²) in [5.41, 5.74) is 0.801. The van der Waals surface area contributed by atoms with Crippen LogP contribution in [0.15, 0.2) is 17.6 Å². The van der Waals surface area contributed by atoms with Crippen molar-refractivity contribution in [2.24, 2.45) is 0 Å². The largest absolute Gasteiger partial charge is 0.342 e. The normalized spacial score (nSPS) is 13.6. The van der Waals surface area contributed by atoms with Crippen molar-refractivity contribution in [1.82, 2.24) is 15.3 Å². The molecule has 0 spiro atoms. The fourth-order valence-corrected chi connectivity index (χ4v) is 2.40. The van der Waals surface area contributed by atoms with Crippen molar-refractivity contribution in [2.45, 2.75) is 30.8 Å². The Labute approximate surface area is 104 Å². The van der Waals surface area contributed by atoms with Crippen LogP contribution in [0.1, 0.15) is 18.9 Å². The summed E-state index contributed by atoms with van der Waals surface area (Å²) < 4.78 is 11.1. The summed E-state index contributed by atoms with van der Waals surface area (Å²) in [6, 6.07) is 0. The monoisotopic (exact) mass is 277 g/mol. The van der Waals surface area contributed by atoms with Crippen LogP contribution >= 0.6 is 19.4 Å². The highest BCUT2D eigenvalue weighted by atomic mass is 32.2. The van der Waals surface area contributed by atoms with Gasteiger partial charge in [-0.1, -0.05) is 18.7 Å². The van der Waals surface area contributed by atoms with Crippen molar-refractivity contribution in [3.63, 3.8) is 0 Å². The molecule has 0 aliphatic heterocycles. The summed E-state index contributed by atoms with van der Waals surface area (Å²) in [5.74, 6) is -0.817. The van der Waals surface area contributed by atoms with E-state index < -0.39 is 13.4 Å². The minimum Gasteiger partial charge on any atom is -0.323 e. The molecule has 17 heavy (non-hydrogen) atoms. The Hall–Kier alpha value is -0.460. The second-order valence-electron chi connectivity index (χ2n) is 3.47. The zero-order valence-electron chi connectivity index (χ0n) is 9.70. The molecule has 6 nitrogen and oxygen atoms in total. The van der Waals surface area contributed by atoms with Crippen LogP contribution in [0.2, 0.25) is 0 Å². The van der Waals surface area contributed by atoms with E-state index in [0.29, 0.717) is 18.1 Å². The van der Waals surface area contributed by atoms with Crippen LogP contribution in [0.5, 0.6) is 0 Å². The van der Waals surface area contributed by atoms with Gasteiger partial charge in [0.15, 0.2) is 5.16 Å². The van der Waals surface area contributed by atoms with Crippen molar-refractivity contribution in [3.8, 4) is 0 Å². The van der Waals surface area contributed by atoms with Crippen LogP contribution in [0.3, 0.4) is 0 Å². The van der Waals surface area contributed by atoms with Crippen molar-refractivity contribution < 1.29 is 14.4 Å². The average Bonchev–Trinajstić information content (AvgIpc) is 2.29. The minimum atomic E-state index is -4.08. The third-order valence-electron chi connectivity index (χ3n) is 2.20. The Morgan fingerprint density at radius 3 is 2.47 bits per heavy atom. The Bertz CT molecular complexity index is 395. The second kappa shape index (κ2) is 6.47. The summed E-state index contributed by atoms with van der Waals surface area (Å²) in [4.78, 5) is 26.3. The number of hydrogen-bond donors (Lipinski definition) is 3. The highest BCUT2D eigenvalue weighted by Crippen LogP contribution is 2.41. The van der Waals surface area contributed by atoms with E-state index in [-0.39, 0.29) is 0 Å². The lowest BCUT2D eigenvalue weighted by molar-refractivity contribution is 0.343. The predicted molar refractivity (Wildman–Crippen MR) is 66.8 cm³/mol. The predicted octanol–water partition coefficient (Wildman–Crippen LogP) is 1.20. The Balaban J connectivity index is 2.57. The van der Waals surface area contributed by atoms with Gasteiger partial charge in [0.1, 0.15) is 5.78 Å². The van der Waals surface area contributed by atoms with Gasteiger partial charge in [-0.3, -0.25) is 9.88 Å². The van der Waals surface area contributed by atoms with E-state index in [1.807, 2.05) is 6.26 Å². The van der Waals surface area contributed by atoms with Crippen molar-refractivity contribution in [2.75, 3.05) is 6.26 Å². The molecule has 0 aliphatic rings. The number of nitrogens with zero attached hydrogens (tertiary/aromatic N) is 2. The number of hydrogen-bond acceptors (Lipinski definition) is 5. The molecule has 1 heterocycles. The maximum absolute atomic E-state index is 11.1. The summed E-state index contributed by atoms with van der Waals surface area (Å²) >= 11 is 1.44. The van der Waals surface area contributed by atoms with Crippen LogP contribution in [-0.2, 0) is 11.1 Å². The van der Waals surface area contributed by atoms with Crippen LogP contribution in [-0.4, -0.2) is 31.8 Å². The summed E-state index contributed by atoms with van der Waals surface area (Å²) in [6.07, 6.45) is 5.55. The number of nitrogens with one attached hydrogen (secondary N) is 1. The van der Waals surface area contributed by atoms with E-state index in [1.54, 1.807) is 19.3 Å². The molecule has 1 aromatic rings. The highest BCUT2D eigenvalue weighted by Gasteiger charge is 2.26. The Morgan fingerprint density at radius 2 is 2.06 bits per heavy atom. The molecule has 1 atom stereocenters. The lowest BCUT2D eigenvalue weighted by Crippen LogP contribution is -2.27. The first-order chi connectivity index (χ1) is 7.97. The number of thioether (sulfide) groups is 1. The SMILES string of the molecule is CC[C@@H](NCc1cnc(SC)nc1)P(=O)(O)O. The molecule has 96 valence electrons. The molecule has 0 unspecified atom stereocenters. The molecular formula is C9H16N3O3PS. The molecule has 0 saturated carbocycles. The lowest BCUT2D eigenvalue weighted by Gasteiger charge is -2.17. The molecule has 3 N–H and O–H groups in total. The molecule has 0 fully saturated rings. The average molecular weight is 277 g/mol. The Kier molecular flexibility index (Phi) is 5.55. The maximum Gasteiger partial charge on any atom is 0.342 e.